The van der Waals surface area contributed by atoms with Gasteiger partial charge in [-0.2, -0.15) is 0 Å². The molecule has 12 aromatic rings. The van der Waals surface area contributed by atoms with Crippen molar-refractivity contribution >= 4 is 97.3 Å². The lowest BCUT2D eigenvalue weighted by atomic mass is 9.88. The van der Waals surface area contributed by atoms with Crippen molar-refractivity contribution in [1.29, 1.82) is 0 Å². The number of fused-ring (bicyclic) bond motifs is 10. The molecule has 0 radical (unpaired) electrons. The summed E-state index contributed by atoms with van der Waals surface area (Å²) in [7, 11) is 0. The summed E-state index contributed by atoms with van der Waals surface area (Å²) < 4.78 is 6.89. The Bertz CT molecular complexity index is 3400. The quantitative estimate of drug-likeness (QED) is 0.171. The number of rotatable bonds is 2. The van der Waals surface area contributed by atoms with Gasteiger partial charge in [-0.25, -0.2) is 0 Å². The van der Waals surface area contributed by atoms with Gasteiger partial charge in [0.05, 0.1) is 0 Å². The number of benzene rings is 11. The first-order valence-electron chi connectivity index (χ1n) is 17.7. The monoisotopic (exact) mass is 644 g/mol. The summed E-state index contributed by atoms with van der Waals surface area (Å²) in [5.41, 5.74) is 6.51. The predicted octanol–water partition coefficient (Wildman–Crippen LogP) is 14.4. The minimum atomic E-state index is 0.912. The van der Waals surface area contributed by atoms with Crippen LogP contribution in [0.15, 0.2) is 174 Å². The molecule has 0 aliphatic heterocycles. The molecule has 0 aliphatic rings. The number of furan rings is 1. The van der Waals surface area contributed by atoms with Gasteiger partial charge in [0.1, 0.15) is 11.2 Å². The van der Waals surface area contributed by atoms with Crippen molar-refractivity contribution in [3.63, 3.8) is 0 Å². The third-order valence-corrected chi connectivity index (χ3v) is 11.3. The molecule has 11 aromatic carbocycles. The van der Waals surface area contributed by atoms with E-state index in [0.717, 1.165) is 27.7 Å². The van der Waals surface area contributed by atoms with Crippen LogP contribution in [0.1, 0.15) is 0 Å². The Labute approximate surface area is 292 Å². The van der Waals surface area contributed by atoms with E-state index in [1.54, 1.807) is 0 Å². The number of hydrogen-bond acceptors (Lipinski definition) is 1. The minimum Gasteiger partial charge on any atom is -0.455 e. The van der Waals surface area contributed by atoms with E-state index in [-0.39, 0.29) is 0 Å². The van der Waals surface area contributed by atoms with E-state index in [1.807, 2.05) is 0 Å². The summed E-state index contributed by atoms with van der Waals surface area (Å²) in [4.78, 5) is 0. The van der Waals surface area contributed by atoms with Gasteiger partial charge in [-0.15, -0.1) is 0 Å². The van der Waals surface area contributed by atoms with Crippen molar-refractivity contribution in [2.45, 2.75) is 0 Å². The molecule has 0 saturated carbocycles. The third-order valence-electron chi connectivity index (χ3n) is 11.3. The maximum absolute atomic E-state index is 6.89. The van der Waals surface area contributed by atoms with Gasteiger partial charge in [-0.1, -0.05) is 146 Å². The Kier molecular flexibility index (Phi) is 5.29. The molecule has 0 fully saturated rings. The normalized spacial score (nSPS) is 12.3. The molecule has 1 aromatic heterocycles. The van der Waals surface area contributed by atoms with Crippen LogP contribution in [0.2, 0.25) is 0 Å². The Morgan fingerprint density at radius 2 is 0.824 bits per heavy atom. The maximum Gasteiger partial charge on any atom is 0.143 e. The van der Waals surface area contributed by atoms with Crippen LogP contribution in [0.5, 0.6) is 0 Å². The molecule has 0 bridgehead atoms. The first-order chi connectivity index (χ1) is 25.3. The lowest BCUT2D eigenvalue weighted by molar-refractivity contribution is 0.670. The van der Waals surface area contributed by atoms with E-state index < -0.39 is 0 Å². The zero-order chi connectivity index (χ0) is 33.2. The number of hydrogen-bond donors (Lipinski definition) is 0. The highest BCUT2D eigenvalue weighted by Crippen LogP contribution is 2.46. The smallest absolute Gasteiger partial charge is 0.143 e. The van der Waals surface area contributed by atoms with Crippen molar-refractivity contribution in [3.8, 4) is 22.3 Å². The van der Waals surface area contributed by atoms with E-state index in [1.165, 1.54) is 91.9 Å². The largest absolute Gasteiger partial charge is 0.455 e. The Balaban J connectivity index is 1.22. The summed E-state index contributed by atoms with van der Waals surface area (Å²) in [5, 5.41) is 20.1. The summed E-state index contributed by atoms with van der Waals surface area (Å²) in [6.07, 6.45) is 0. The van der Waals surface area contributed by atoms with Crippen LogP contribution < -0.4 is 0 Å². The van der Waals surface area contributed by atoms with Gasteiger partial charge >= 0.3 is 0 Å². The van der Waals surface area contributed by atoms with Gasteiger partial charge in [0.15, 0.2) is 0 Å². The average Bonchev–Trinajstić information content (AvgIpc) is 3.58. The van der Waals surface area contributed by atoms with Gasteiger partial charge in [0, 0.05) is 16.3 Å². The SMILES string of the molecule is c1ccc2c(c1)ccc1ccc3ccc(-c4cc(-c5ccc6ccc7cccc8ccc5c6c78)cc5c4oc4ccc6ccccc6c45)cc3c12. The van der Waals surface area contributed by atoms with Crippen molar-refractivity contribution < 1.29 is 4.42 Å². The molecule has 1 heterocycles. The molecule has 0 N–H and O–H groups in total. The zero-order valence-corrected chi connectivity index (χ0v) is 27.6. The Morgan fingerprint density at radius 3 is 1.61 bits per heavy atom. The van der Waals surface area contributed by atoms with E-state index in [4.69, 9.17) is 4.42 Å². The molecule has 0 atom stereocenters. The molecule has 1 nitrogen and oxygen atoms in total. The molecule has 51 heavy (non-hydrogen) atoms. The Morgan fingerprint density at radius 1 is 0.275 bits per heavy atom. The molecular weight excluding hydrogens is 617 g/mol. The fraction of sp³-hybridized carbons (Fsp3) is 0. The maximum atomic E-state index is 6.89. The molecule has 0 unspecified atom stereocenters. The zero-order valence-electron chi connectivity index (χ0n) is 27.6. The minimum absolute atomic E-state index is 0.912. The highest BCUT2D eigenvalue weighted by Gasteiger charge is 2.20. The van der Waals surface area contributed by atoms with Crippen molar-refractivity contribution in [2.24, 2.45) is 0 Å². The molecule has 0 amide bonds. The van der Waals surface area contributed by atoms with Gasteiger partial charge in [0.2, 0.25) is 0 Å². The predicted molar refractivity (Wildman–Crippen MR) is 218 cm³/mol. The summed E-state index contributed by atoms with van der Waals surface area (Å²) >= 11 is 0. The molecule has 12 rings (SSSR count). The lowest BCUT2D eigenvalue weighted by Gasteiger charge is -2.15. The van der Waals surface area contributed by atoms with Crippen molar-refractivity contribution in [1.82, 2.24) is 0 Å². The van der Waals surface area contributed by atoms with Crippen LogP contribution >= 0.6 is 0 Å². The fourth-order valence-corrected chi connectivity index (χ4v) is 9.00. The standard InChI is InChI=1S/C50H28O/c1-3-10-39-29(6-1)12-15-34-16-13-31-14-19-36(26-42(31)47(34)39)43-27-37(28-44-49-40-11-4-2-7-30(40)22-25-45(49)51-50(43)44)38-23-20-35-18-17-32-8-5-9-33-21-24-41(38)48(35)46(32)33/h1-28H. The van der Waals surface area contributed by atoms with E-state index in [2.05, 4.69) is 170 Å². The second-order valence-corrected chi connectivity index (χ2v) is 14.0. The Hall–Kier alpha value is -6.70. The highest BCUT2D eigenvalue weighted by atomic mass is 16.3. The second kappa shape index (κ2) is 9.94. The van der Waals surface area contributed by atoms with E-state index in [9.17, 15) is 0 Å². The lowest BCUT2D eigenvalue weighted by Crippen LogP contribution is -1.89. The fourth-order valence-electron chi connectivity index (χ4n) is 9.00. The van der Waals surface area contributed by atoms with Crippen LogP contribution in [0, 0.1) is 0 Å². The summed E-state index contributed by atoms with van der Waals surface area (Å²) in [5.74, 6) is 0. The van der Waals surface area contributed by atoms with Crippen LogP contribution in [-0.2, 0) is 0 Å². The summed E-state index contributed by atoms with van der Waals surface area (Å²) in [6.45, 7) is 0. The topological polar surface area (TPSA) is 13.1 Å². The highest BCUT2D eigenvalue weighted by molar-refractivity contribution is 6.27. The molecule has 234 valence electrons. The summed E-state index contributed by atoms with van der Waals surface area (Å²) in [6, 6.07) is 62.7. The molecular formula is C50H28O. The van der Waals surface area contributed by atoms with Crippen LogP contribution in [0.3, 0.4) is 0 Å². The van der Waals surface area contributed by atoms with E-state index >= 15 is 0 Å². The molecule has 0 aliphatic carbocycles. The van der Waals surface area contributed by atoms with Crippen LogP contribution in [-0.4, -0.2) is 0 Å². The third kappa shape index (κ3) is 3.75. The van der Waals surface area contributed by atoms with Crippen LogP contribution in [0.4, 0.5) is 0 Å². The van der Waals surface area contributed by atoms with Gasteiger partial charge < -0.3 is 4.42 Å². The first-order valence-corrected chi connectivity index (χ1v) is 17.7. The molecule has 1 heteroatoms. The van der Waals surface area contributed by atoms with Gasteiger partial charge in [-0.3, -0.25) is 0 Å². The first kappa shape index (κ1) is 27.2. The molecule has 0 saturated heterocycles. The van der Waals surface area contributed by atoms with Gasteiger partial charge in [-0.05, 0) is 116 Å². The van der Waals surface area contributed by atoms with Crippen molar-refractivity contribution in [2.75, 3.05) is 0 Å². The average molecular weight is 645 g/mol. The van der Waals surface area contributed by atoms with E-state index in [0.29, 0.717) is 0 Å². The van der Waals surface area contributed by atoms with Crippen molar-refractivity contribution in [3.05, 3.63) is 170 Å². The molecule has 0 spiro atoms. The van der Waals surface area contributed by atoms with Crippen LogP contribution in [0.25, 0.3) is 120 Å². The second-order valence-electron chi connectivity index (χ2n) is 14.0. The van der Waals surface area contributed by atoms with Gasteiger partial charge in [0.25, 0.3) is 0 Å².